The quantitative estimate of drug-likeness (QED) is 0.383. The molecule has 6 nitrogen and oxygen atoms in total. The molecule has 1 atom stereocenters. The number of barbiturate groups is 1. The first kappa shape index (κ1) is 22.9. The number of urea groups is 1. The van der Waals surface area contributed by atoms with E-state index in [0.29, 0.717) is 10.6 Å². The number of nitrogens with zero attached hydrogens (tertiary/aromatic N) is 2. The SMILES string of the molecule is Cc1ccccc1-c1ccc2[nH]cc(C(c3ccccc3Cl)C3C(=O)N(C)C(=O)N(C)C3=O)c2c1. The largest absolute Gasteiger partial charge is 0.361 e. The molecule has 1 aromatic heterocycles. The van der Waals surface area contributed by atoms with Gasteiger partial charge in [-0.1, -0.05) is 60.1 Å². The van der Waals surface area contributed by atoms with E-state index < -0.39 is 29.7 Å². The number of hydrogen-bond acceptors (Lipinski definition) is 3. The lowest BCUT2D eigenvalue weighted by molar-refractivity contribution is -0.148. The molecule has 0 radical (unpaired) electrons. The van der Waals surface area contributed by atoms with E-state index in [1.54, 1.807) is 12.1 Å². The molecule has 3 aromatic carbocycles. The van der Waals surface area contributed by atoms with E-state index in [1.807, 2.05) is 42.6 Å². The van der Waals surface area contributed by atoms with Crippen molar-refractivity contribution in [3.05, 3.63) is 94.6 Å². The number of H-pyrrole nitrogens is 1. The number of aromatic nitrogens is 1. The monoisotopic (exact) mass is 485 g/mol. The summed E-state index contributed by atoms with van der Waals surface area (Å²) in [6.45, 7) is 2.06. The summed E-state index contributed by atoms with van der Waals surface area (Å²) in [5.74, 6) is -2.92. The van der Waals surface area contributed by atoms with Crippen molar-refractivity contribution >= 4 is 40.3 Å². The van der Waals surface area contributed by atoms with Crippen molar-refractivity contribution in [2.24, 2.45) is 5.92 Å². The minimum absolute atomic E-state index is 0.449. The van der Waals surface area contributed by atoms with Crippen LogP contribution in [0.4, 0.5) is 4.79 Å². The van der Waals surface area contributed by atoms with Gasteiger partial charge in [0.15, 0.2) is 0 Å². The van der Waals surface area contributed by atoms with Crippen LogP contribution < -0.4 is 0 Å². The lowest BCUT2D eigenvalue weighted by atomic mass is 9.78. The molecule has 1 N–H and O–H groups in total. The predicted octanol–water partition coefficient (Wildman–Crippen LogP) is 5.60. The summed E-state index contributed by atoms with van der Waals surface area (Å²) >= 11 is 6.62. The summed E-state index contributed by atoms with van der Waals surface area (Å²) < 4.78 is 0. The molecule has 35 heavy (non-hydrogen) atoms. The van der Waals surface area contributed by atoms with Gasteiger partial charge in [0.2, 0.25) is 11.8 Å². The van der Waals surface area contributed by atoms with E-state index in [-0.39, 0.29) is 0 Å². The van der Waals surface area contributed by atoms with Crippen LogP contribution in [0.25, 0.3) is 22.0 Å². The van der Waals surface area contributed by atoms with E-state index in [9.17, 15) is 14.4 Å². The van der Waals surface area contributed by atoms with Crippen LogP contribution >= 0.6 is 11.6 Å². The number of halogens is 1. The molecule has 0 saturated carbocycles. The van der Waals surface area contributed by atoms with Gasteiger partial charge in [0.1, 0.15) is 5.92 Å². The smallest absolute Gasteiger partial charge is 0.332 e. The van der Waals surface area contributed by atoms with E-state index in [1.165, 1.54) is 14.1 Å². The molecule has 7 heteroatoms. The van der Waals surface area contributed by atoms with Crippen molar-refractivity contribution in [2.45, 2.75) is 12.8 Å². The van der Waals surface area contributed by atoms with Crippen LogP contribution in [-0.4, -0.2) is 46.7 Å². The molecular formula is C28H24ClN3O3. The van der Waals surface area contributed by atoms with E-state index in [4.69, 9.17) is 11.6 Å². The number of imide groups is 2. The molecule has 0 aliphatic carbocycles. The first-order valence-electron chi connectivity index (χ1n) is 11.3. The number of fused-ring (bicyclic) bond motifs is 1. The first-order valence-corrected chi connectivity index (χ1v) is 11.7. The normalized spacial score (nSPS) is 15.8. The second-order valence-corrected chi connectivity index (χ2v) is 9.28. The number of aromatic amines is 1. The number of amides is 4. The first-order chi connectivity index (χ1) is 16.8. The zero-order chi connectivity index (χ0) is 24.9. The molecule has 176 valence electrons. The average Bonchev–Trinajstić information content (AvgIpc) is 3.28. The van der Waals surface area contributed by atoms with Crippen LogP contribution in [0.1, 0.15) is 22.6 Å². The zero-order valence-corrected chi connectivity index (χ0v) is 20.3. The summed E-state index contributed by atoms with van der Waals surface area (Å²) in [7, 11) is 2.80. The number of rotatable bonds is 4. The van der Waals surface area contributed by atoms with Gasteiger partial charge in [0.25, 0.3) is 0 Å². The maximum atomic E-state index is 13.4. The third kappa shape index (κ3) is 3.70. The molecule has 5 rings (SSSR count). The highest BCUT2D eigenvalue weighted by Gasteiger charge is 2.48. The molecule has 4 aromatic rings. The molecule has 1 aliphatic rings. The highest BCUT2D eigenvalue weighted by molar-refractivity contribution is 6.31. The van der Waals surface area contributed by atoms with Crippen molar-refractivity contribution in [1.29, 1.82) is 0 Å². The van der Waals surface area contributed by atoms with Crippen molar-refractivity contribution in [1.82, 2.24) is 14.8 Å². The highest BCUT2D eigenvalue weighted by Crippen LogP contribution is 2.42. The number of hydrogen-bond donors (Lipinski definition) is 1. The summed E-state index contributed by atoms with van der Waals surface area (Å²) in [6, 6.07) is 20.8. The van der Waals surface area contributed by atoms with Crippen LogP contribution in [0.2, 0.25) is 5.02 Å². The Labute approximate surface area is 208 Å². The number of nitrogens with one attached hydrogen (secondary N) is 1. The molecule has 0 bridgehead atoms. The van der Waals surface area contributed by atoms with Crippen molar-refractivity contribution in [3.63, 3.8) is 0 Å². The number of carbonyl (C=O) groups excluding carboxylic acids is 3. The van der Waals surface area contributed by atoms with Crippen molar-refractivity contribution in [3.8, 4) is 11.1 Å². The third-order valence-corrected chi connectivity index (χ3v) is 7.19. The summed E-state index contributed by atoms with van der Waals surface area (Å²) in [5.41, 5.74) is 5.57. The Bertz CT molecular complexity index is 1470. The Morgan fingerprint density at radius 2 is 1.51 bits per heavy atom. The Morgan fingerprint density at radius 1 is 0.857 bits per heavy atom. The Hall–Kier alpha value is -3.90. The molecule has 1 unspecified atom stereocenters. The van der Waals surface area contributed by atoms with E-state index in [2.05, 4.69) is 30.1 Å². The van der Waals surface area contributed by atoms with Crippen molar-refractivity contribution < 1.29 is 14.4 Å². The Morgan fingerprint density at radius 3 is 2.20 bits per heavy atom. The second kappa shape index (κ2) is 8.71. The minimum atomic E-state index is -1.14. The van der Waals surface area contributed by atoms with Gasteiger partial charge < -0.3 is 4.98 Å². The summed E-state index contributed by atoms with van der Waals surface area (Å²) in [4.78, 5) is 44.5. The molecule has 0 spiro atoms. The van der Waals surface area contributed by atoms with Gasteiger partial charge in [-0.3, -0.25) is 19.4 Å². The van der Waals surface area contributed by atoms with Crippen molar-refractivity contribution in [2.75, 3.05) is 14.1 Å². The van der Waals surface area contributed by atoms with Gasteiger partial charge >= 0.3 is 6.03 Å². The third-order valence-electron chi connectivity index (χ3n) is 6.85. The minimum Gasteiger partial charge on any atom is -0.361 e. The lowest BCUT2D eigenvalue weighted by Crippen LogP contribution is -2.58. The number of carbonyl (C=O) groups is 3. The molecular weight excluding hydrogens is 462 g/mol. The fraction of sp³-hybridized carbons (Fsp3) is 0.179. The summed E-state index contributed by atoms with van der Waals surface area (Å²) in [6.07, 6.45) is 1.83. The zero-order valence-electron chi connectivity index (χ0n) is 19.6. The summed E-state index contributed by atoms with van der Waals surface area (Å²) in [5, 5.41) is 1.34. The van der Waals surface area contributed by atoms with Gasteiger partial charge in [-0.2, -0.15) is 0 Å². The molecule has 1 aliphatic heterocycles. The Kier molecular flexibility index (Phi) is 5.69. The predicted molar refractivity (Wildman–Crippen MR) is 136 cm³/mol. The molecule has 2 heterocycles. The van der Waals surface area contributed by atoms with Gasteiger partial charge in [0, 0.05) is 42.1 Å². The maximum Gasteiger partial charge on any atom is 0.332 e. The fourth-order valence-corrected chi connectivity index (χ4v) is 5.19. The second-order valence-electron chi connectivity index (χ2n) is 8.87. The lowest BCUT2D eigenvalue weighted by Gasteiger charge is -2.37. The standard InChI is InChI=1S/C28H24ClN3O3/c1-16-8-4-5-9-18(16)17-12-13-23-20(14-17)21(15-30-23)24(19-10-6-7-11-22(19)29)25-26(33)31(2)28(35)32(3)27(25)34/h4-15,24-25,30H,1-3H3. The van der Waals surface area contributed by atoms with Gasteiger partial charge in [-0.15, -0.1) is 0 Å². The van der Waals surface area contributed by atoms with Gasteiger partial charge in [-0.05, 0) is 52.9 Å². The molecule has 1 fully saturated rings. The van der Waals surface area contributed by atoms with Crippen LogP contribution in [0, 0.1) is 12.8 Å². The topological polar surface area (TPSA) is 73.5 Å². The van der Waals surface area contributed by atoms with E-state index in [0.717, 1.165) is 43.0 Å². The number of benzene rings is 3. The Balaban J connectivity index is 1.74. The van der Waals surface area contributed by atoms with E-state index >= 15 is 0 Å². The van der Waals surface area contributed by atoms with Crippen LogP contribution in [0.15, 0.2) is 72.9 Å². The van der Waals surface area contributed by atoms with Gasteiger partial charge in [0.05, 0.1) is 0 Å². The highest BCUT2D eigenvalue weighted by atomic mass is 35.5. The number of aryl methyl sites for hydroxylation is 1. The fourth-order valence-electron chi connectivity index (χ4n) is 4.94. The average molecular weight is 486 g/mol. The maximum absolute atomic E-state index is 13.4. The van der Waals surface area contributed by atoms with Crippen LogP contribution in [0.5, 0.6) is 0 Å². The van der Waals surface area contributed by atoms with Gasteiger partial charge in [-0.25, -0.2) is 4.79 Å². The van der Waals surface area contributed by atoms with Crippen LogP contribution in [-0.2, 0) is 9.59 Å². The van der Waals surface area contributed by atoms with Crippen LogP contribution in [0.3, 0.4) is 0 Å². The molecule has 1 saturated heterocycles. The molecule has 4 amide bonds.